The van der Waals surface area contributed by atoms with Crippen LogP contribution in [-0.2, 0) is 16.0 Å². The molecule has 3 aromatic rings. The average molecular weight is 353 g/mol. The van der Waals surface area contributed by atoms with Crippen LogP contribution in [0, 0.1) is 0 Å². The van der Waals surface area contributed by atoms with Gasteiger partial charge in [-0.05, 0) is 36.2 Å². The van der Waals surface area contributed by atoms with E-state index in [0.29, 0.717) is 25.1 Å². The second-order valence-corrected chi connectivity index (χ2v) is 6.06. The molecule has 26 heavy (non-hydrogen) atoms. The van der Waals surface area contributed by atoms with Crippen LogP contribution < -0.4 is 10.1 Å². The van der Waals surface area contributed by atoms with Gasteiger partial charge in [0.1, 0.15) is 23.2 Å². The highest BCUT2D eigenvalue weighted by molar-refractivity contribution is 5.78. The molecule has 1 aromatic heterocycles. The molecule has 1 heterocycles. The van der Waals surface area contributed by atoms with Crippen LogP contribution in [0.3, 0.4) is 0 Å². The number of rotatable bonds is 8. The molecule has 0 unspecified atom stereocenters. The van der Waals surface area contributed by atoms with Crippen molar-refractivity contribution in [2.24, 2.45) is 0 Å². The molecule has 3 rings (SSSR count). The van der Waals surface area contributed by atoms with E-state index in [1.807, 2.05) is 54.6 Å². The summed E-state index contributed by atoms with van der Waals surface area (Å²) in [4.78, 5) is 12.1. The summed E-state index contributed by atoms with van der Waals surface area (Å²) in [6.45, 7) is 0.373. The van der Waals surface area contributed by atoms with Gasteiger partial charge in [0.05, 0.1) is 13.7 Å². The van der Waals surface area contributed by atoms with Gasteiger partial charge in [0, 0.05) is 18.9 Å². The molecule has 1 atom stereocenters. The van der Waals surface area contributed by atoms with Gasteiger partial charge >= 0.3 is 0 Å². The molecule has 0 aliphatic heterocycles. The maximum Gasteiger partial charge on any atom is 0.220 e. The molecule has 0 aliphatic rings. The maximum atomic E-state index is 12.1. The molecular weight excluding hydrogens is 330 g/mol. The quantitative estimate of drug-likeness (QED) is 0.668. The average Bonchev–Trinajstić information content (AvgIpc) is 3.11. The third-order valence-electron chi connectivity index (χ3n) is 4.33. The molecule has 2 aromatic carbocycles. The first-order valence-corrected chi connectivity index (χ1v) is 8.60. The second kappa shape index (κ2) is 8.54. The number of amides is 1. The van der Waals surface area contributed by atoms with Crippen LogP contribution in [0.4, 0.5) is 0 Å². The van der Waals surface area contributed by atoms with Crippen LogP contribution in [0.2, 0.25) is 0 Å². The van der Waals surface area contributed by atoms with Gasteiger partial charge in [0.25, 0.3) is 0 Å². The minimum atomic E-state index is -0.313. The number of hydrogen-bond acceptors (Lipinski definition) is 4. The summed E-state index contributed by atoms with van der Waals surface area (Å²) >= 11 is 0. The van der Waals surface area contributed by atoms with E-state index < -0.39 is 0 Å². The minimum absolute atomic E-state index is 0.0148. The third-order valence-corrected chi connectivity index (χ3v) is 4.33. The molecule has 5 heteroatoms. The lowest BCUT2D eigenvalue weighted by molar-refractivity contribution is -0.121. The van der Waals surface area contributed by atoms with Crippen molar-refractivity contribution in [1.82, 2.24) is 5.32 Å². The number of furan rings is 1. The van der Waals surface area contributed by atoms with E-state index in [2.05, 4.69) is 5.32 Å². The number of para-hydroxylation sites is 1. The first-order valence-electron chi connectivity index (χ1n) is 8.60. The number of carbonyl (C=O) groups excluding carboxylic acids is 1. The predicted molar refractivity (Wildman–Crippen MR) is 100 cm³/mol. The molecule has 0 fully saturated rings. The molecule has 0 saturated heterocycles. The molecule has 0 radical (unpaired) electrons. The van der Waals surface area contributed by atoms with E-state index in [0.717, 1.165) is 22.3 Å². The molecule has 5 nitrogen and oxygen atoms in total. The Labute approximate surface area is 152 Å². The van der Waals surface area contributed by atoms with E-state index >= 15 is 0 Å². The number of aryl methyl sites for hydroxylation is 1. The highest BCUT2D eigenvalue weighted by atomic mass is 16.5. The monoisotopic (exact) mass is 353 g/mol. The summed E-state index contributed by atoms with van der Waals surface area (Å²) in [7, 11) is 3.25. The summed E-state index contributed by atoms with van der Waals surface area (Å²) in [5.74, 6) is 1.51. The van der Waals surface area contributed by atoms with Crippen LogP contribution in [0.1, 0.15) is 23.8 Å². The van der Waals surface area contributed by atoms with Gasteiger partial charge in [0.2, 0.25) is 5.91 Å². The Bertz CT molecular complexity index is 821. The van der Waals surface area contributed by atoms with E-state index in [9.17, 15) is 4.79 Å². The van der Waals surface area contributed by atoms with Gasteiger partial charge in [-0.2, -0.15) is 0 Å². The molecule has 136 valence electrons. The van der Waals surface area contributed by atoms with Crippen LogP contribution in [-0.4, -0.2) is 26.7 Å². The Kier molecular flexibility index (Phi) is 5.92. The fraction of sp³-hybridized carbons (Fsp3) is 0.286. The smallest absolute Gasteiger partial charge is 0.220 e. The zero-order valence-corrected chi connectivity index (χ0v) is 15.0. The Balaban J connectivity index is 1.51. The molecule has 0 aliphatic carbocycles. The summed E-state index contributed by atoms with van der Waals surface area (Å²) in [5, 5.41) is 3.94. The van der Waals surface area contributed by atoms with Crippen molar-refractivity contribution in [3.63, 3.8) is 0 Å². The van der Waals surface area contributed by atoms with Crippen molar-refractivity contribution in [2.45, 2.75) is 18.9 Å². The zero-order valence-electron chi connectivity index (χ0n) is 15.0. The van der Waals surface area contributed by atoms with Crippen molar-refractivity contribution < 1.29 is 18.7 Å². The Hall–Kier alpha value is -2.79. The molecule has 0 spiro atoms. The molecular formula is C21H23NO4. The summed E-state index contributed by atoms with van der Waals surface area (Å²) in [6.07, 6.45) is 0.786. The normalized spacial score (nSPS) is 12.1. The number of fused-ring (bicyclic) bond motifs is 1. The molecule has 0 bridgehead atoms. The van der Waals surface area contributed by atoms with Crippen LogP contribution in [0.5, 0.6) is 5.75 Å². The summed E-state index contributed by atoms with van der Waals surface area (Å²) in [6, 6.07) is 17.5. The number of benzene rings is 2. The molecule has 1 amide bonds. The van der Waals surface area contributed by atoms with Crippen LogP contribution >= 0.6 is 0 Å². The second-order valence-electron chi connectivity index (χ2n) is 6.06. The summed E-state index contributed by atoms with van der Waals surface area (Å²) in [5.41, 5.74) is 1.91. The van der Waals surface area contributed by atoms with Crippen molar-refractivity contribution in [1.29, 1.82) is 0 Å². The minimum Gasteiger partial charge on any atom is -0.497 e. The van der Waals surface area contributed by atoms with Gasteiger partial charge in [-0.25, -0.2) is 0 Å². The van der Waals surface area contributed by atoms with Crippen molar-refractivity contribution in [3.8, 4) is 5.75 Å². The highest BCUT2D eigenvalue weighted by Crippen LogP contribution is 2.25. The SMILES string of the molecule is COc1ccc(CCC(=O)NC[C@@H](OC)c2cc3ccccc3o2)cc1. The van der Waals surface area contributed by atoms with E-state index in [1.54, 1.807) is 14.2 Å². The highest BCUT2D eigenvalue weighted by Gasteiger charge is 2.16. The number of nitrogens with one attached hydrogen (secondary N) is 1. The van der Waals surface area contributed by atoms with E-state index in [1.165, 1.54) is 0 Å². The first kappa shape index (κ1) is 18.0. The van der Waals surface area contributed by atoms with Crippen LogP contribution in [0.15, 0.2) is 59.0 Å². The maximum absolute atomic E-state index is 12.1. The predicted octanol–water partition coefficient (Wildman–Crippen LogP) is 3.88. The Morgan fingerprint density at radius 2 is 1.88 bits per heavy atom. The number of methoxy groups -OCH3 is 2. The first-order chi connectivity index (χ1) is 12.7. The topological polar surface area (TPSA) is 60.7 Å². The van der Waals surface area contributed by atoms with E-state index in [-0.39, 0.29) is 12.0 Å². The Morgan fingerprint density at radius 3 is 2.58 bits per heavy atom. The zero-order chi connectivity index (χ0) is 18.4. The fourth-order valence-corrected chi connectivity index (χ4v) is 2.81. The standard InChI is InChI=1S/C21H23NO4/c1-24-17-10-7-15(8-11-17)9-12-21(23)22-14-20(25-2)19-13-16-5-3-4-6-18(16)26-19/h3-8,10-11,13,20H,9,12,14H2,1-2H3,(H,22,23)/t20-/m1/s1. The van der Waals surface area contributed by atoms with Gasteiger partial charge < -0.3 is 19.2 Å². The Morgan fingerprint density at radius 1 is 1.12 bits per heavy atom. The molecule has 1 N–H and O–H groups in total. The van der Waals surface area contributed by atoms with Gasteiger partial charge in [-0.15, -0.1) is 0 Å². The van der Waals surface area contributed by atoms with Crippen molar-refractivity contribution in [3.05, 3.63) is 65.9 Å². The van der Waals surface area contributed by atoms with Crippen molar-refractivity contribution in [2.75, 3.05) is 20.8 Å². The lowest BCUT2D eigenvalue weighted by Gasteiger charge is -2.13. The lowest BCUT2D eigenvalue weighted by Crippen LogP contribution is -2.29. The largest absolute Gasteiger partial charge is 0.497 e. The van der Waals surface area contributed by atoms with Gasteiger partial charge in [-0.3, -0.25) is 4.79 Å². The van der Waals surface area contributed by atoms with Gasteiger partial charge in [0.15, 0.2) is 0 Å². The number of ether oxygens (including phenoxy) is 2. The lowest BCUT2D eigenvalue weighted by atomic mass is 10.1. The fourth-order valence-electron chi connectivity index (χ4n) is 2.81. The summed E-state index contributed by atoms with van der Waals surface area (Å²) < 4.78 is 16.4. The van der Waals surface area contributed by atoms with Gasteiger partial charge in [-0.1, -0.05) is 30.3 Å². The van der Waals surface area contributed by atoms with Crippen LogP contribution in [0.25, 0.3) is 11.0 Å². The number of carbonyl (C=O) groups is 1. The van der Waals surface area contributed by atoms with Crippen molar-refractivity contribution >= 4 is 16.9 Å². The van der Waals surface area contributed by atoms with E-state index in [4.69, 9.17) is 13.9 Å². The molecule has 0 saturated carbocycles. The third kappa shape index (κ3) is 4.43. The number of hydrogen-bond donors (Lipinski definition) is 1.